The maximum absolute atomic E-state index is 12.5. The van der Waals surface area contributed by atoms with Crippen LogP contribution in [0.1, 0.15) is 15.9 Å². The van der Waals surface area contributed by atoms with E-state index in [1.807, 2.05) is 6.07 Å². The van der Waals surface area contributed by atoms with Crippen molar-refractivity contribution in [3.8, 4) is 29.5 Å². The Morgan fingerprint density at radius 1 is 1.16 bits per heavy atom. The Kier molecular flexibility index (Phi) is 6.89. The summed E-state index contributed by atoms with van der Waals surface area (Å²) in [4.78, 5) is 34.6. The number of carbonyl (C=O) groups is 2. The van der Waals surface area contributed by atoms with Crippen LogP contribution < -0.4 is 25.8 Å². The van der Waals surface area contributed by atoms with Crippen LogP contribution >= 0.6 is 0 Å². The van der Waals surface area contributed by atoms with Gasteiger partial charge in [0.2, 0.25) is 10.3 Å². The topological polar surface area (TPSA) is 190 Å². The fourth-order valence-corrected chi connectivity index (χ4v) is 3.67. The van der Waals surface area contributed by atoms with Gasteiger partial charge in [0, 0.05) is 25.7 Å². The summed E-state index contributed by atoms with van der Waals surface area (Å²) in [5.74, 6) is -0.614. The van der Waals surface area contributed by atoms with Gasteiger partial charge in [0.1, 0.15) is 29.3 Å². The first-order valence-corrected chi connectivity index (χ1v) is 11.7. The summed E-state index contributed by atoms with van der Waals surface area (Å²) in [5, 5.41) is 15.1. The molecule has 3 aromatic rings. The lowest BCUT2D eigenvalue weighted by molar-refractivity contribution is -0.115. The van der Waals surface area contributed by atoms with Gasteiger partial charge in [-0.25, -0.2) is 0 Å². The molecule has 0 spiro atoms. The third-order valence-corrected chi connectivity index (χ3v) is 5.47. The van der Waals surface area contributed by atoms with E-state index in [0.717, 1.165) is 5.37 Å². The van der Waals surface area contributed by atoms with E-state index < -0.39 is 22.2 Å². The van der Waals surface area contributed by atoms with Gasteiger partial charge in [0.05, 0.1) is 16.6 Å². The van der Waals surface area contributed by atoms with Crippen molar-refractivity contribution in [3.05, 3.63) is 53.6 Å². The summed E-state index contributed by atoms with van der Waals surface area (Å²) in [6.07, 6.45) is 0. The summed E-state index contributed by atoms with van der Waals surface area (Å²) in [7, 11) is 0.599. The number of nitrogens with two attached hydrogens (primary N) is 1. The second kappa shape index (κ2) is 10.2. The number of nitrogens with zero attached hydrogens (tertiary/aromatic N) is 4. The van der Waals surface area contributed by atoms with Crippen molar-refractivity contribution in [1.29, 1.82) is 5.26 Å². The van der Waals surface area contributed by atoms with Crippen LogP contribution in [0.3, 0.4) is 0 Å². The Hall–Kier alpha value is -5.16. The number of amides is 2. The number of anilines is 3. The zero-order valence-corrected chi connectivity index (χ0v) is 20.2. The van der Waals surface area contributed by atoms with Crippen molar-refractivity contribution in [1.82, 2.24) is 14.9 Å². The van der Waals surface area contributed by atoms with Crippen LogP contribution in [-0.4, -0.2) is 60.6 Å². The molecule has 37 heavy (non-hydrogen) atoms. The molecule has 1 aliphatic heterocycles. The molecule has 1 aliphatic rings. The van der Waals surface area contributed by atoms with E-state index in [2.05, 4.69) is 20.6 Å². The molecule has 0 fully saturated rings. The number of nitrogen functional groups attached to an aromatic ring is 1. The van der Waals surface area contributed by atoms with Crippen LogP contribution in [0.2, 0.25) is 0 Å². The predicted octanol–water partition coefficient (Wildman–Crippen LogP) is 1.63. The maximum Gasteiger partial charge on any atom is 0.327 e. The van der Waals surface area contributed by atoms with Gasteiger partial charge in [-0.2, -0.15) is 23.6 Å². The number of ether oxygens (including phenoxy) is 2. The summed E-state index contributed by atoms with van der Waals surface area (Å²) < 4.78 is 33.9. The molecule has 1 unspecified atom stereocenters. The second-order valence-corrected chi connectivity index (χ2v) is 8.63. The monoisotopic (exact) mass is 521 g/mol. The van der Waals surface area contributed by atoms with Crippen molar-refractivity contribution in [2.24, 2.45) is 0 Å². The third kappa shape index (κ3) is 5.57. The minimum Gasteiger partial charge on any atom is -0.437 e. The Labute approximate surface area is 212 Å². The van der Waals surface area contributed by atoms with E-state index in [4.69, 9.17) is 20.5 Å². The molecule has 2 heterocycles. The molecular formula is C23H19N7O6S. The van der Waals surface area contributed by atoms with Gasteiger partial charge >= 0.3 is 6.01 Å². The molecule has 4 rings (SSSR count). The Morgan fingerprint density at radius 3 is 2.59 bits per heavy atom. The van der Waals surface area contributed by atoms with Crippen molar-refractivity contribution in [3.63, 3.8) is 0 Å². The second-order valence-electron chi connectivity index (χ2n) is 7.84. The quantitative estimate of drug-likeness (QED) is 0.316. The predicted molar refractivity (Wildman–Crippen MR) is 133 cm³/mol. The molecular weight excluding hydrogens is 502 g/mol. The molecule has 0 radical (unpaired) electrons. The number of aromatic nitrogens is 2. The molecule has 1 atom stereocenters. The highest BCUT2D eigenvalue weighted by atomic mass is 32.2. The first kappa shape index (κ1) is 24.9. The Bertz CT molecular complexity index is 1590. The highest BCUT2D eigenvalue weighted by Crippen LogP contribution is 2.38. The minimum absolute atomic E-state index is 0.0217. The number of hydrogen-bond acceptors (Lipinski definition) is 11. The summed E-state index contributed by atoms with van der Waals surface area (Å²) in [6.45, 7) is 0. The van der Waals surface area contributed by atoms with Crippen molar-refractivity contribution in [2.45, 2.75) is 6.04 Å². The molecule has 0 saturated heterocycles. The van der Waals surface area contributed by atoms with Gasteiger partial charge in [-0.1, -0.05) is 6.07 Å². The standard InChI is InChI=1S/C23H19N7O6S/c1-30(2)22(32)12-4-3-5-14(8-12)36-23-28-19-18(27-20(31)17(26-19)11-37(33)34)21(29-23)35-15-7-6-13(10-24)16(25)9-15/h3-9,11,17H,25H2,1-2H3,(H,27,31)(H,26,28,29). The molecule has 2 aromatic carbocycles. The lowest BCUT2D eigenvalue weighted by Crippen LogP contribution is -2.40. The van der Waals surface area contributed by atoms with Crippen molar-refractivity contribution < 1.29 is 27.5 Å². The van der Waals surface area contributed by atoms with Gasteiger partial charge in [0.25, 0.3) is 17.7 Å². The average Bonchev–Trinajstić information content (AvgIpc) is 2.84. The van der Waals surface area contributed by atoms with Crippen molar-refractivity contribution in [2.75, 3.05) is 30.5 Å². The molecule has 13 nitrogen and oxygen atoms in total. The van der Waals surface area contributed by atoms with Crippen molar-refractivity contribution >= 4 is 44.7 Å². The fourth-order valence-electron chi connectivity index (χ4n) is 3.25. The van der Waals surface area contributed by atoms with Crippen LogP contribution in [0.25, 0.3) is 0 Å². The Balaban J connectivity index is 1.75. The van der Waals surface area contributed by atoms with E-state index in [1.165, 1.54) is 29.2 Å². The highest BCUT2D eigenvalue weighted by Gasteiger charge is 2.30. The van der Waals surface area contributed by atoms with Gasteiger partial charge in [-0.05, 0) is 30.3 Å². The molecule has 4 N–H and O–H groups in total. The van der Waals surface area contributed by atoms with Gasteiger partial charge in [0.15, 0.2) is 5.82 Å². The lowest BCUT2D eigenvalue weighted by atomic mass is 10.2. The number of benzene rings is 2. The maximum atomic E-state index is 12.5. The SMILES string of the molecule is CN(C)C(=O)c1cccc(Oc2nc3c(c(Oc4ccc(C#N)c(N)c4)n2)NC(=O)C(C=S(=O)=O)N3)c1. The van der Waals surface area contributed by atoms with E-state index in [9.17, 15) is 18.0 Å². The van der Waals surface area contributed by atoms with E-state index >= 15 is 0 Å². The number of rotatable bonds is 6. The first-order valence-electron chi connectivity index (χ1n) is 10.5. The van der Waals surface area contributed by atoms with E-state index in [1.54, 1.807) is 32.3 Å². The molecule has 1 aromatic heterocycles. The highest BCUT2D eigenvalue weighted by molar-refractivity contribution is 7.71. The number of hydrogen-bond donors (Lipinski definition) is 3. The summed E-state index contributed by atoms with van der Waals surface area (Å²) in [5.41, 5.74) is 6.66. The van der Waals surface area contributed by atoms with Crippen LogP contribution in [0.4, 0.5) is 17.2 Å². The van der Waals surface area contributed by atoms with Gasteiger partial charge < -0.3 is 30.7 Å². The van der Waals surface area contributed by atoms with Gasteiger partial charge in [-0.3, -0.25) is 9.59 Å². The molecule has 2 amide bonds. The minimum atomic E-state index is -2.63. The number of carbonyl (C=O) groups excluding carboxylic acids is 2. The van der Waals surface area contributed by atoms with Gasteiger partial charge in [-0.15, -0.1) is 0 Å². The lowest BCUT2D eigenvalue weighted by Gasteiger charge is -2.24. The number of nitrogens with one attached hydrogen (secondary N) is 2. The largest absolute Gasteiger partial charge is 0.437 e. The molecule has 0 aliphatic carbocycles. The Morgan fingerprint density at radius 2 is 1.92 bits per heavy atom. The third-order valence-electron chi connectivity index (χ3n) is 4.98. The summed E-state index contributed by atoms with van der Waals surface area (Å²) >= 11 is 0. The zero-order chi connectivity index (χ0) is 26.7. The molecule has 188 valence electrons. The molecule has 0 saturated carbocycles. The van der Waals surface area contributed by atoms with Crippen LogP contribution in [-0.2, 0) is 15.1 Å². The van der Waals surface area contributed by atoms with E-state index in [0.29, 0.717) is 5.56 Å². The normalized spacial score (nSPS) is 13.8. The summed E-state index contributed by atoms with van der Waals surface area (Å²) in [6, 6.07) is 11.1. The first-order chi connectivity index (χ1) is 17.6. The number of fused-ring (bicyclic) bond motifs is 1. The van der Waals surface area contributed by atoms with E-state index in [-0.39, 0.29) is 52.1 Å². The molecule has 0 bridgehead atoms. The van der Waals surface area contributed by atoms with Crippen LogP contribution in [0, 0.1) is 11.3 Å². The fraction of sp³-hybridized carbons (Fsp3) is 0.130. The van der Waals surface area contributed by atoms with Crippen LogP contribution in [0.15, 0.2) is 42.5 Å². The smallest absolute Gasteiger partial charge is 0.327 e. The number of nitriles is 1. The van der Waals surface area contributed by atoms with Crippen LogP contribution in [0.5, 0.6) is 23.4 Å². The zero-order valence-electron chi connectivity index (χ0n) is 19.4. The molecule has 14 heteroatoms. The average molecular weight is 522 g/mol.